The van der Waals surface area contributed by atoms with Crippen LogP contribution >= 0.6 is 0 Å². The van der Waals surface area contributed by atoms with Gasteiger partial charge < -0.3 is 20.5 Å². The first-order valence-corrected chi connectivity index (χ1v) is 12.4. The second-order valence-electron chi connectivity index (χ2n) is 10.7. The van der Waals surface area contributed by atoms with Gasteiger partial charge in [0.05, 0.1) is 22.6 Å². The molecule has 7 heteroatoms. The molecule has 0 unspecified atom stereocenters. The van der Waals surface area contributed by atoms with Crippen molar-refractivity contribution in [3.05, 3.63) is 83.9 Å². The number of hydrogen-bond donors (Lipinski definition) is 2. The zero-order chi connectivity index (χ0) is 25.9. The molecular formula is C30H30N4O3. The standard InChI is InChI=1S/C30H30N4O3/c1-29(36)16-30(31,17-29)22-12-9-19(10-13-22)25-26(20-7-5-4-6-8-20)34-18-37-24-15-21(28(35)33(2)3)11-14-23(24)27(34)32-25/h4-15,36H,16-18,31H2,1-3H3/t29-,30-. The summed E-state index contributed by atoms with van der Waals surface area (Å²) in [5, 5.41) is 10.2. The SMILES string of the molecule is CN(C)C(=O)c1ccc2c(c1)OCn1c-2nc(-c2ccc([C@]3(N)C[C@](C)(O)C3)cc2)c1-c1ccccc1. The average molecular weight is 495 g/mol. The largest absolute Gasteiger partial charge is 0.472 e. The second-order valence-corrected chi connectivity index (χ2v) is 10.7. The van der Waals surface area contributed by atoms with Crippen molar-refractivity contribution >= 4 is 5.91 Å². The van der Waals surface area contributed by atoms with Gasteiger partial charge in [0.15, 0.2) is 6.73 Å². The number of fused-ring (bicyclic) bond motifs is 3. The Labute approximate surface area is 216 Å². The van der Waals surface area contributed by atoms with Crippen LogP contribution in [0.3, 0.4) is 0 Å². The van der Waals surface area contributed by atoms with Crippen molar-refractivity contribution in [2.75, 3.05) is 14.1 Å². The van der Waals surface area contributed by atoms with Crippen molar-refractivity contribution in [1.82, 2.24) is 14.5 Å². The van der Waals surface area contributed by atoms with Gasteiger partial charge in [0.2, 0.25) is 0 Å². The summed E-state index contributed by atoms with van der Waals surface area (Å²) in [6.45, 7) is 2.12. The number of carbonyl (C=O) groups is 1. The molecule has 1 aliphatic heterocycles. The van der Waals surface area contributed by atoms with E-state index in [2.05, 4.69) is 28.8 Å². The lowest BCUT2D eigenvalue weighted by Gasteiger charge is -2.49. The van der Waals surface area contributed by atoms with E-state index in [0.29, 0.717) is 24.2 Å². The van der Waals surface area contributed by atoms with E-state index in [0.717, 1.165) is 39.5 Å². The van der Waals surface area contributed by atoms with E-state index in [1.807, 2.05) is 49.4 Å². The lowest BCUT2D eigenvalue weighted by Crippen LogP contribution is -2.58. The third-order valence-corrected chi connectivity index (χ3v) is 7.37. The number of nitrogens with zero attached hydrogens (tertiary/aromatic N) is 3. The van der Waals surface area contributed by atoms with Crippen LogP contribution in [0, 0.1) is 0 Å². The molecule has 188 valence electrons. The van der Waals surface area contributed by atoms with Crippen LogP contribution in [-0.4, -0.2) is 45.2 Å². The molecule has 37 heavy (non-hydrogen) atoms. The number of carbonyl (C=O) groups excluding carboxylic acids is 1. The van der Waals surface area contributed by atoms with Crippen LogP contribution in [0.25, 0.3) is 33.9 Å². The number of aromatic nitrogens is 2. The predicted octanol–water partition coefficient (Wildman–Crippen LogP) is 4.63. The highest BCUT2D eigenvalue weighted by Crippen LogP contribution is 2.47. The highest BCUT2D eigenvalue weighted by atomic mass is 16.5. The molecule has 4 aromatic rings. The summed E-state index contributed by atoms with van der Waals surface area (Å²) in [6, 6.07) is 23.9. The fraction of sp³-hybridized carbons (Fsp3) is 0.267. The number of rotatable bonds is 4. The number of aliphatic hydroxyl groups is 1. The molecule has 1 aliphatic carbocycles. The lowest BCUT2D eigenvalue weighted by molar-refractivity contribution is -0.0738. The van der Waals surface area contributed by atoms with Crippen LogP contribution in [0.1, 0.15) is 35.7 Å². The van der Waals surface area contributed by atoms with Crippen molar-refractivity contribution in [3.63, 3.8) is 0 Å². The maximum Gasteiger partial charge on any atom is 0.253 e. The highest BCUT2D eigenvalue weighted by molar-refractivity contribution is 5.95. The van der Waals surface area contributed by atoms with E-state index in [9.17, 15) is 9.90 Å². The van der Waals surface area contributed by atoms with Crippen LogP contribution < -0.4 is 10.5 Å². The van der Waals surface area contributed by atoms with Gasteiger partial charge in [-0.15, -0.1) is 0 Å². The fourth-order valence-corrected chi connectivity index (χ4v) is 5.70. The topological polar surface area (TPSA) is 93.6 Å². The number of imidazole rings is 1. The fourth-order valence-electron chi connectivity index (χ4n) is 5.70. The summed E-state index contributed by atoms with van der Waals surface area (Å²) in [5.41, 5.74) is 11.6. The Kier molecular flexibility index (Phi) is 5.26. The zero-order valence-corrected chi connectivity index (χ0v) is 21.2. The van der Waals surface area contributed by atoms with Crippen molar-refractivity contribution in [2.24, 2.45) is 5.73 Å². The zero-order valence-electron chi connectivity index (χ0n) is 21.2. The molecule has 1 saturated carbocycles. The Bertz CT molecular complexity index is 1500. The summed E-state index contributed by atoms with van der Waals surface area (Å²) < 4.78 is 8.23. The van der Waals surface area contributed by atoms with Crippen LogP contribution in [0.15, 0.2) is 72.8 Å². The van der Waals surface area contributed by atoms with Crippen LogP contribution in [0.5, 0.6) is 5.75 Å². The Balaban J connectivity index is 1.45. The monoisotopic (exact) mass is 494 g/mol. The second kappa shape index (κ2) is 8.30. The van der Waals surface area contributed by atoms with Crippen LogP contribution in [0.2, 0.25) is 0 Å². The van der Waals surface area contributed by atoms with Gasteiger partial charge in [0, 0.05) is 36.3 Å². The minimum atomic E-state index is -0.707. The predicted molar refractivity (Wildman–Crippen MR) is 143 cm³/mol. The first-order valence-electron chi connectivity index (χ1n) is 12.4. The molecule has 2 aliphatic rings. The summed E-state index contributed by atoms with van der Waals surface area (Å²) in [7, 11) is 3.47. The Hall–Kier alpha value is -3.94. The van der Waals surface area contributed by atoms with Gasteiger partial charge in [-0.3, -0.25) is 9.36 Å². The number of hydrogen-bond acceptors (Lipinski definition) is 5. The normalized spacial score (nSPS) is 21.9. The molecule has 3 N–H and O–H groups in total. The molecule has 6 rings (SSSR count). The first-order chi connectivity index (χ1) is 17.7. The van der Waals surface area contributed by atoms with E-state index in [1.54, 1.807) is 25.1 Å². The molecule has 0 radical (unpaired) electrons. The molecule has 0 bridgehead atoms. The molecule has 1 amide bonds. The van der Waals surface area contributed by atoms with Gasteiger partial charge in [-0.1, -0.05) is 54.6 Å². The summed E-state index contributed by atoms with van der Waals surface area (Å²) >= 11 is 0. The Morgan fingerprint density at radius 3 is 2.38 bits per heavy atom. The number of ether oxygens (including phenoxy) is 1. The van der Waals surface area contributed by atoms with Crippen LogP contribution in [0.4, 0.5) is 0 Å². The van der Waals surface area contributed by atoms with Crippen molar-refractivity contribution in [3.8, 4) is 39.7 Å². The lowest BCUT2D eigenvalue weighted by atomic mass is 9.63. The first kappa shape index (κ1) is 23.5. The van der Waals surface area contributed by atoms with E-state index in [1.165, 1.54) is 0 Å². The smallest absolute Gasteiger partial charge is 0.253 e. The Morgan fingerprint density at radius 1 is 1.03 bits per heavy atom. The van der Waals surface area contributed by atoms with Gasteiger partial charge in [0.1, 0.15) is 11.6 Å². The minimum absolute atomic E-state index is 0.0725. The van der Waals surface area contributed by atoms with Gasteiger partial charge in [-0.05, 0) is 43.5 Å². The van der Waals surface area contributed by atoms with E-state index >= 15 is 0 Å². The van der Waals surface area contributed by atoms with Gasteiger partial charge in [-0.2, -0.15) is 0 Å². The average Bonchev–Trinajstić information content (AvgIpc) is 3.27. The van der Waals surface area contributed by atoms with Crippen LogP contribution in [-0.2, 0) is 12.3 Å². The number of benzene rings is 3. The van der Waals surface area contributed by atoms with Gasteiger partial charge in [0.25, 0.3) is 5.91 Å². The summed E-state index contributed by atoms with van der Waals surface area (Å²) in [6.07, 6.45) is 1.08. The number of amides is 1. The Morgan fingerprint density at radius 2 is 1.73 bits per heavy atom. The molecule has 0 saturated heterocycles. The van der Waals surface area contributed by atoms with Gasteiger partial charge >= 0.3 is 0 Å². The highest BCUT2D eigenvalue weighted by Gasteiger charge is 2.49. The summed E-state index contributed by atoms with van der Waals surface area (Å²) in [5.74, 6) is 1.37. The quantitative estimate of drug-likeness (QED) is 0.431. The minimum Gasteiger partial charge on any atom is -0.472 e. The third kappa shape index (κ3) is 3.91. The van der Waals surface area contributed by atoms with Crippen molar-refractivity contribution < 1.29 is 14.6 Å². The van der Waals surface area contributed by atoms with Crippen molar-refractivity contribution in [2.45, 2.75) is 37.6 Å². The maximum absolute atomic E-state index is 12.5. The molecular weight excluding hydrogens is 464 g/mol. The van der Waals surface area contributed by atoms with Gasteiger partial charge in [-0.25, -0.2) is 4.98 Å². The number of nitrogens with two attached hydrogens (primary N) is 1. The molecule has 7 nitrogen and oxygen atoms in total. The summed E-state index contributed by atoms with van der Waals surface area (Å²) in [4.78, 5) is 19.2. The molecule has 2 heterocycles. The molecule has 1 aromatic heterocycles. The van der Waals surface area contributed by atoms with Crippen molar-refractivity contribution in [1.29, 1.82) is 0 Å². The molecule has 1 fully saturated rings. The van der Waals surface area contributed by atoms with E-state index in [4.69, 9.17) is 15.5 Å². The maximum atomic E-state index is 12.5. The molecule has 3 aromatic carbocycles. The molecule has 0 spiro atoms. The van der Waals surface area contributed by atoms with E-state index in [-0.39, 0.29) is 12.6 Å². The third-order valence-electron chi connectivity index (χ3n) is 7.37. The molecule has 0 atom stereocenters. The van der Waals surface area contributed by atoms with E-state index < -0.39 is 11.1 Å².